The highest BCUT2D eigenvalue weighted by molar-refractivity contribution is 7.10. The van der Waals surface area contributed by atoms with Crippen molar-refractivity contribution in [1.29, 1.82) is 0 Å². The third-order valence-corrected chi connectivity index (χ3v) is 8.01. The highest BCUT2D eigenvalue weighted by atomic mass is 32.1. The molecule has 8 nitrogen and oxygen atoms in total. The van der Waals surface area contributed by atoms with E-state index in [1.807, 2.05) is 59.3 Å². The molecule has 0 spiro atoms. The monoisotopic (exact) mass is 530 g/mol. The van der Waals surface area contributed by atoms with Crippen molar-refractivity contribution in [1.82, 2.24) is 9.78 Å². The van der Waals surface area contributed by atoms with Crippen LogP contribution in [0, 0.1) is 6.92 Å². The van der Waals surface area contributed by atoms with Crippen LogP contribution in [0.1, 0.15) is 22.2 Å². The van der Waals surface area contributed by atoms with E-state index in [1.54, 1.807) is 11.3 Å². The van der Waals surface area contributed by atoms with Crippen molar-refractivity contribution in [3.05, 3.63) is 106 Å². The SMILES string of the molecule is Cc1nn(-c2ccccc2)c2c1[C@@H](c1cccs1)N1C(=N2)C(Nc2ccc3c(c2)OCO3)=Nc2ccccc21. The Bertz CT molecular complexity index is 1790. The summed E-state index contributed by atoms with van der Waals surface area (Å²) in [6.07, 6.45) is 0. The molecule has 0 aliphatic carbocycles. The van der Waals surface area contributed by atoms with Gasteiger partial charge in [-0.2, -0.15) is 5.10 Å². The van der Waals surface area contributed by atoms with Crippen molar-refractivity contribution >= 4 is 45.9 Å². The van der Waals surface area contributed by atoms with Crippen LogP contribution in [-0.4, -0.2) is 28.2 Å². The number of aliphatic imine (C=N–C) groups is 2. The molecule has 3 aliphatic heterocycles. The summed E-state index contributed by atoms with van der Waals surface area (Å²) in [5.41, 5.74) is 5.71. The van der Waals surface area contributed by atoms with Crippen molar-refractivity contribution in [2.75, 3.05) is 17.0 Å². The van der Waals surface area contributed by atoms with Gasteiger partial charge >= 0.3 is 0 Å². The Kier molecular flexibility index (Phi) is 4.86. The average Bonchev–Trinajstić information content (AvgIpc) is 3.73. The highest BCUT2D eigenvalue weighted by Crippen LogP contribution is 2.49. The standard InChI is InChI=1S/C30H22N6O2S/c1-18-26-27(25-12-7-15-39-25)35-22-11-6-5-10-21(22)32-28(31-19-13-14-23-24(16-19)38-17-37-23)30(35)33-29(26)36(34-18)20-8-3-2-4-9-20/h2-16,27H,17H2,1H3,(H,31,32)/t27-/m1/s1. The Labute approximate surface area is 228 Å². The maximum atomic E-state index is 5.62. The number of amidine groups is 2. The Balaban J connectivity index is 1.35. The van der Waals surface area contributed by atoms with E-state index in [2.05, 4.69) is 52.9 Å². The molecule has 3 aromatic carbocycles. The number of hydrogen-bond donors (Lipinski definition) is 1. The van der Waals surface area contributed by atoms with Crippen LogP contribution in [0.25, 0.3) is 5.69 Å². The van der Waals surface area contributed by atoms with Crippen LogP contribution in [0.4, 0.5) is 22.9 Å². The van der Waals surface area contributed by atoms with Crippen molar-refractivity contribution in [3.8, 4) is 17.2 Å². The van der Waals surface area contributed by atoms with Crippen LogP contribution < -0.4 is 19.7 Å². The maximum Gasteiger partial charge on any atom is 0.231 e. The molecule has 1 N–H and O–H groups in total. The number of nitrogens with zero attached hydrogens (tertiary/aromatic N) is 5. The fraction of sp³-hybridized carbons (Fsp3) is 0.100. The van der Waals surface area contributed by atoms with Crippen LogP contribution >= 0.6 is 11.3 Å². The molecule has 3 aliphatic rings. The molecule has 39 heavy (non-hydrogen) atoms. The van der Waals surface area contributed by atoms with Gasteiger partial charge in [0, 0.05) is 22.2 Å². The van der Waals surface area contributed by atoms with Gasteiger partial charge < -0.3 is 19.7 Å². The molecular weight excluding hydrogens is 508 g/mol. The van der Waals surface area contributed by atoms with Crippen LogP contribution in [0.15, 0.2) is 100 Å². The molecule has 1 atom stereocenters. The topological polar surface area (TPSA) is 76.3 Å². The molecule has 5 aromatic rings. The Morgan fingerprint density at radius 2 is 1.74 bits per heavy atom. The summed E-state index contributed by atoms with van der Waals surface area (Å²) in [6, 6.07) is 28.3. The zero-order valence-corrected chi connectivity index (χ0v) is 21.7. The quantitative estimate of drug-likeness (QED) is 0.279. The smallest absolute Gasteiger partial charge is 0.231 e. The first-order valence-electron chi connectivity index (χ1n) is 12.7. The second-order valence-corrected chi connectivity index (χ2v) is 10.4. The van der Waals surface area contributed by atoms with Crippen LogP contribution in [0.2, 0.25) is 0 Å². The minimum Gasteiger partial charge on any atom is -0.454 e. The summed E-state index contributed by atoms with van der Waals surface area (Å²) in [7, 11) is 0. The van der Waals surface area contributed by atoms with E-state index in [0.29, 0.717) is 11.6 Å². The molecular formula is C30H22N6O2S. The lowest BCUT2D eigenvalue weighted by molar-refractivity contribution is 0.174. The molecule has 190 valence electrons. The maximum absolute atomic E-state index is 5.62. The van der Waals surface area contributed by atoms with E-state index in [4.69, 9.17) is 24.6 Å². The molecule has 8 rings (SSSR count). The third kappa shape index (κ3) is 3.47. The molecule has 0 bridgehead atoms. The second-order valence-electron chi connectivity index (χ2n) is 9.44. The van der Waals surface area contributed by atoms with Gasteiger partial charge in [0.2, 0.25) is 6.79 Å². The van der Waals surface area contributed by atoms with Crippen molar-refractivity contribution < 1.29 is 9.47 Å². The molecule has 2 aromatic heterocycles. The van der Waals surface area contributed by atoms with Gasteiger partial charge in [-0.05, 0) is 54.8 Å². The average molecular weight is 531 g/mol. The fourth-order valence-corrected chi connectivity index (χ4v) is 6.20. The van der Waals surface area contributed by atoms with Crippen molar-refractivity contribution in [2.45, 2.75) is 13.0 Å². The first-order chi connectivity index (χ1) is 19.2. The summed E-state index contributed by atoms with van der Waals surface area (Å²) in [4.78, 5) is 13.8. The van der Waals surface area contributed by atoms with Gasteiger partial charge in [0.25, 0.3) is 0 Å². The summed E-state index contributed by atoms with van der Waals surface area (Å²) >= 11 is 1.73. The van der Waals surface area contributed by atoms with Gasteiger partial charge in [-0.3, -0.25) is 0 Å². The first-order valence-corrected chi connectivity index (χ1v) is 13.5. The number of benzene rings is 3. The largest absolute Gasteiger partial charge is 0.454 e. The van der Waals surface area contributed by atoms with Gasteiger partial charge in [-0.25, -0.2) is 14.7 Å². The number of thiophene rings is 1. The van der Waals surface area contributed by atoms with E-state index in [9.17, 15) is 0 Å². The lowest BCUT2D eigenvalue weighted by Gasteiger charge is -2.40. The van der Waals surface area contributed by atoms with E-state index in [-0.39, 0.29) is 12.8 Å². The van der Waals surface area contributed by atoms with E-state index in [0.717, 1.165) is 51.4 Å². The van der Waals surface area contributed by atoms with Gasteiger partial charge in [0.05, 0.1) is 22.8 Å². The number of rotatable bonds is 3. The van der Waals surface area contributed by atoms with Crippen molar-refractivity contribution in [3.63, 3.8) is 0 Å². The second kappa shape index (κ2) is 8.57. The predicted octanol–water partition coefficient (Wildman–Crippen LogP) is 6.77. The lowest BCUT2D eigenvalue weighted by Crippen LogP contribution is -2.46. The molecule has 0 fully saturated rings. The third-order valence-electron chi connectivity index (χ3n) is 7.09. The number of aryl methyl sites for hydroxylation is 1. The predicted molar refractivity (Wildman–Crippen MR) is 154 cm³/mol. The van der Waals surface area contributed by atoms with E-state index < -0.39 is 0 Å². The van der Waals surface area contributed by atoms with Gasteiger partial charge in [-0.15, -0.1) is 11.3 Å². The molecule has 5 heterocycles. The summed E-state index contributed by atoms with van der Waals surface area (Å²) < 4.78 is 13.1. The lowest BCUT2D eigenvalue weighted by atomic mass is 9.98. The first kappa shape index (κ1) is 22.1. The zero-order chi connectivity index (χ0) is 25.9. The molecule has 0 radical (unpaired) electrons. The molecule has 0 saturated carbocycles. The number of anilines is 2. The van der Waals surface area contributed by atoms with Crippen LogP contribution in [0.3, 0.4) is 0 Å². The number of fused-ring (bicyclic) bond motifs is 5. The van der Waals surface area contributed by atoms with Crippen molar-refractivity contribution in [2.24, 2.45) is 9.98 Å². The zero-order valence-electron chi connectivity index (χ0n) is 20.9. The van der Waals surface area contributed by atoms with Crippen LogP contribution in [0.5, 0.6) is 11.5 Å². The number of ether oxygens (including phenoxy) is 2. The Hall–Kier alpha value is -4.89. The minimum atomic E-state index is -0.116. The molecule has 0 unspecified atom stereocenters. The van der Waals surface area contributed by atoms with E-state index in [1.165, 1.54) is 4.88 Å². The number of nitrogens with one attached hydrogen (secondary N) is 1. The Morgan fingerprint density at radius 3 is 2.62 bits per heavy atom. The van der Waals surface area contributed by atoms with Gasteiger partial charge in [-0.1, -0.05) is 36.4 Å². The van der Waals surface area contributed by atoms with Crippen LogP contribution in [-0.2, 0) is 0 Å². The molecule has 0 amide bonds. The minimum absolute atomic E-state index is 0.116. The number of para-hydroxylation sites is 3. The number of hydrogen-bond acceptors (Lipinski definition) is 8. The molecule has 0 saturated heterocycles. The summed E-state index contributed by atoms with van der Waals surface area (Å²) in [5.74, 6) is 3.63. The highest BCUT2D eigenvalue weighted by Gasteiger charge is 2.41. The summed E-state index contributed by atoms with van der Waals surface area (Å²) in [5, 5.41) is 10.6. The Morgan fingerprint density at radius 1 is 0.897 bits per heavy atom. The fourth-order valence-electron chi connectivity index (χ4n) is 5.37. The normalized spacial score (nSPS) is 16.6. The number of aromatic nitrogens is 2. The summed E-state index contributed by atoms with van der Waals surface area (Å²) in [6.45, 7) is 2.29. The van der Waals surface area contributed by atoms with Gasteiger partial charge in [0.15, 0.2) is 29.0 Å². The van der Waals surface area contributed by atoms with E-state index >= 15 is 0 Å². The molecule has 9 heteroatoms. The van der Waals surface area contributed by atoms with Gasteiger partial charge in [0.1, 0.15) is 6.04 Å².